The predicted octanol–water partition coefficient (Wildman–Crippen LogP) is 1.73. The summed E-state index contributed by atoms with van der Waals surface area (Å²) in [5.41, 5.74) is 0.546. The Labute approximate surface area is 103 Å². The number of halogens is 1. The molecule has 0 saturated carbocycles. The van der Waals surface area contributed by atoms with Crippen LogP contribution in [-0.4, -0.2) is 25.0 Å². The molecule has 0 amide bonds. The molecule has 0 fully saturated rings. The van der Waals surface area contributed by atoms with E-state index >= 15 is 0 Å². The van der Waals surface area contributed by atoms with Crippen LogP contribution in [0.1, 0.15) is 12.5 Å². The molecular formula is C13H11FO4. The monoisotopic (exact) mass is 250 g/mol. The summed E-state index contributed by atoms with van der Waals surface area (Å²) in [7, 11) is 0. The number of ether oxygens (including phenoxy) is 2. The van der Waals surface area contributed by atoms with Gasteiger partial charge in [-0.25, -0.2) is 9.18 Å². The maximum Gasteiger partial charge on any atom is 0.352 e. The first-order chi connectivity index (χ1) is 8.67. The van der Waals surface area contributed by atoms with Gasteiger partial charge in [-0.05, 0) is 19.1 Å². The van der Waals surface area contributed by atoms with Crippen molar-refractivity contribution in [2.45, 2.75) is 13.0 Å². The van der Waals surface area contributed by atoms with E-state index in [-0.39, 0.29) is 17.9 Å². The van der Waals surface area contributed by atoms with Gasteiger partial charge in [-0.2, -0.15) is 0 Å². The van der Waals surface area contributed by atoms with Gasteiger partial charge in [-0.3, -0.25) is 4.79 Å². The second kappa shape index (κ2) is 5.00. The van der Waals surface area contributed by atoms with Gasteiger partial charge in [0, 0.05) is 11.1 Å². The average molecular weight is 250 g/mol. The van der Waals surface area contributed by atoms with Crippen molar-refractivity contribution in [3.8, 4) is 5.75 Å². The lowest BCUT2D eigenvalue weighted by Gasteiger charge is -2.23. The van der Waals surface area contributed by atoms with E-state index < -0.39 is 17.9 Å². The Morgan fingerprint density at radius 1 is 1.56 bits per heavy atom. The number of benzene rings is 1. The highest BCUT2D eigenvalue weighted by Crippen LogP contribution is 2.31. The Hall–Kier alpha value is -2.17. The highest BCUT2D eigenvalue weighted by molar-refractivity contribution is 5.95. The molecule has 1 unspecified atom stereocenters. The number of fused-ring (bicyclic) bond motifs is 1. The standard InChI is InChI=1S/C13H11FO4/c1-2-17-13(16)12-9(7-15)6-8-4-3-5-10(14)11(8)18-12/h3-7,12H,2H2,1H3. The van der Waals surface area contributed by atoms with Gasteiger partial charge in [-0.15, -0.1) is 0 Å². The van der Waals surface area contributed by atoms with Gasteiger partial charge < -0.3 is 9.47 Å². The lowest BCUT2D eigenvalue weighted by atomic mass is 10.0. The summed E-state index contributed by atoms with van der Waals surface area (Å²) < 4.78 is 23.5. The van der Waals surface area contributed by atoms with E-state index in [9.17, 15) is 14.0 Å². The number of esters is 1. The topological polar surface area (TPSA) is 52.6 Å². The summed E-state index contributed by atoms with van der Waals surface area (Å²) in [5, 5.41) is 0. The minimum Gasteiger partial charge on any atom is -0.470 e. The molecular weight excluding hydrogens is 239 g/mol. The third-order valence-corrected chi connectivity index (χ3v) is 2.49. The number of hydrogen-bond acceptors (Lipinski definition) is 4. The number of para-hydroxylation sites is 1. The van der Waals surface area contributed by atoms with Crippen LogP contribution in [0.2, 0.25) is 0 Å². The molecule has 2 rings (SSSR count). The smallest absolute Gasteiger partial charge is 0.352 e. The van der Waals surface area contributed by atoms with E-state index in [0.717, 1.165) is 0 Å². The number of carbonyl (C=O) groups is 2. The SMILES string of the molecule is CCOC(=O)C1Oc2c(F)cccc2C=C1C=O. The molecule has 0 aliphatic carbocycles. The van der Waals surface area contributed by atoms with E-state index in [2.05, 4.69) is 0 Å². The molecule has 1 atom stereocenters. The Bertz CT molecular complexity index is 522. The molecule has 18 heavy (non-hydrogen) atoms. The predicted molar refractivity (Wildman–Crippen MR) is 61.5 cm³/mol. The van der Waals surface area contributed by atoms with Crippen molar-refractivity contribution in [3.05, 3.63) is 35.2 Å². The maximum atomic E-state index is 13.5. The van der Waals surface area contributed by atoms with Crippen LogP contribution in [0.25, 0.3) is 6.08 Å². The van der Waals surface area contributed by atoms with Crippen molar-refractivity contribution in [1.29, 1.82) is 0 Å². The first-order valence-electron chi connectivity index (χ1n) is 5.46. The molecule has 5 heteroatoms. The van der Waals surface area contributed by atoms with Crippen molar-refractivity contribution >= 4 is 18.3 Å². The molecule has 1 heterocycles. The van der Waals surface area contributed by atoms with E-state index in [1.54, 1.807) is 13.0 Å². The number of aldehydes is 1. The zero-order valence-electron chi connectivity index (χ0n) is 9.68. The minimum atomic E-state index is -1.20. The molecule has 0 radical (unpaired) electrons. The van der Waals surface area contributed by atoms with Crippen LogP contribution in [0, 0.1) is 5.82 Å². The second-order valence-corrected chi connectivity index (χ2v) is 3.67. The molecule has 1 aromatic carbocycles. The van der Waals surface area contributed by atoms with E-state index in [1.807, 2.05) is 0 Å². The quantitative estimate of drug-likeness (QED) is 0.605. The van der Waals surface area contributed by atoms with Crippen molar-refractivity contribution in [2.75, 3.05) is 6.61 Å². The van der Waals surface area contributed by atoms with Gasteiger partial charge in [0.1, 0.15) is 6.29 Å². The Balaban J connectivity index is 2.41. The molecule has 0 N–H and O–H groups in total. The average Bonchev–Trinajstić information content (AvgIpc) is 2.38. The third kappa shape index (κ3) is 2.11. The summed E-state index contributed by atoms with van der Waals surface area (Å²) in [6, 6.07) is 4.32. The van der Waals surface area contributed by atoms with Gasteiger partial charge in [0.05, 0.1) is 6.61 Å². The number of hydrogen-bond donors (Lipinski definition) is 0. The van der Waals surface area contributed by atoms with Crippen molar-refractivity contribution < 1.29 is 23.5 Å². The summed E-state index contributed by atoms with van der Waals surface area (Å²) in [5.74, 6) is -1.33. The summed E-state index contributed by atoms with van der Waals surface area (Å²) in [6.45, 7) is 1.80. The van der Waals surface area contributed by atoms with Crippen LogP contribution in [0.5, 0.6) is 5.75 Å². The number of rotatable bonds is 3. The highest BCUT2D eigenvalue weighted by atomic mass is 19.1. The van der Waals surface area contributed by atoms with Crippen LogP contribution in [0.4, 0.5) is 4.39 Å². The van der Waals surface area contributed by atoms with Crippen LogP contribution >= 0.6 is 0 Å². The molecule has 1 aromatic rings. The minimum absolute atomic E-state index is 0.0406. The zero-order chi connectivity index (χ0) is 13.1. The van der Waals surface area contributed by atoms with Gasteiger partial charge in [0.15, 0.2) is 11.6 Å². The van der Waals surface area contributed by atoms with Crippen LogP contribution < -0.4 is 4.74 Å². The van der Waals surface area contributed by atoms with Crippen molar-refractivity contribution in [1.82, 2.24) is 0 Å². The van der Waals surface area contributed by atoms with Crippen molar-refractivity contribution in [2.24, 2.45) is 0 Å². The fraction of sp³-hybridized carbons (Fsp3) is 0.231. The molecule has 0 aromatic heterocycles. The van der Waals surface area contributed by atoms with Crippen molar-refractivity contribution in [3.63, 3.8) is 0 Å². The molecule has 0 saturated heterocycles. The van der Waals surface area contributed by atoms with Gasteiger partial charge in [0.2, 0.25) is 6.10 Å². The third-order valence-electron chi connectivity index (χ3n) is 2.49. The van der Waals surface area contributed by atoms with Crippen LogP contribution in [0.15, 0.2) is 23.8 Å². The summed E-state index contributed by atoms with van der Waals surface area (Å²) >= 11 is 0. The maximum absolute atomic E-state index is 13.5. The van der Waals surface area contributed by atoms with Gasteiger partial charge in [0.25, 0.3) is 0 Å². The zero-order valence-corrected chi connectivity index (χ0v) is 9.68. The molecule has 4 nitrogen and oxygen atoms in total. The first-order valence-corrected chi connectivity index (χ1v) is 5.46. The van der Waals surface area contributed by atoms with E-state index in [0.29, 0.717) is 11.8 Å². The second-order valence-electron chi connectivity index (χ2n) is 3.67. The van der Waals surface area contributed by atoms with Crippen LogP contribution in [0.3, 0.4) is 0 Å². The Kier molecular flexibility index (Phi) is 3.41. The Morgan fingerprint density at radius 3 is 3.00 bits per heavy atom. The Morgan fingerprint density at radius 2 is 2.33 bits per heavy atom. The van der Waals surface area contributed by atoms with E-state index in [4.69, 9.17) is 9.47 Å². The number of carbonyl (C=O) groups excluding carboxylic acids is 2. The van der Waals surface area contributed by atoms with E-state index in [1.165, 1.54) is 18.2 Å². The van der Waals surface area contributed by atoms with Crippen LogP contribution in [-0.2, 0) is 14.3 Å². The fourth-order valence-electron chi connectivity index (χ4n) is 1.70. The summed E-state index contributed by atoms with van der Waals surface area (Å²) in [4.78, 5) is 22.5. The highest BCUT2D eigenvalue weighted by Gasteiger charge is 2.31. The lowest BCUT2D eigenvalue weighted by Crippen LogP contribution is -2.34. The van der Waals surface area contributed by atoms with Gasteiger partial charge in [-0.1, -0.05) is 12.1 Å². The first kappa shape index (κ1) is 12.3. The molecule has 1 aliphatic rings. The fourth-order valence-corrected chi connectivity index (χ4v) is 1.70. The molecule has 0 spiro atoms. The summed E-state index contributed by atoms with van der Waals surface area (Å²) in [6.07, 6.45) is 0.734. The lowest BCUT2D eigenvalue weighted by molar-refractivity contribution is -0.150. The largest absolute Gasteiger partial charge is 0.470 e. The molecule has 1 aliphatic heterocycles. The van der Waals surface area contributed by atoms with Gasteiger partial charge >= 0.3 is 5.97 Å². The molecule has 94 valence electrons. The molecule has 0 bridgehead atoms. The normalized spacial score (nSPS) is 17.2.